The second-order valence-corrected chi connectivity index (χ2v) is 5.43. The number of aliphatic hydroxyl groups excluding tert-OH is 1. The lowest BCUT2D eigenvalue weighted by Gasteiger charge is -2.33. The largest absolute Gasteiger partial charge is 0.387 e. The van der Waals surface area contributed by atoms with E-state index in [2.05, 4.69) is 30.0 Å². The molecule has 0 fully saturated rings. The van der Waals surface area contributed by atoms with Gasteiger partial charge in [0.05, 0.1) is 12.7 Å². The molecule has 3 heteroatoms. The molecule has 112 valence electrons. The number of rotatable bonds is 6. The molecule has 0 saturated carbocycles. The SMILES string of the molecule is CCOCCN(CC)C1CCCc2ccccc2C1O. The predicted octanol–water partition coefficient (Wildman–Crippen LogP) is 2.78. The highest BCUT2D eigenvalue weighted by Crippen LogP contribution is 2.31. The van der Waals surface area contributed by atoms with Gasteiger partial charge in [0, 0.05) is 19.2 Å². The van der Waals surface area contributed by atoms with Gasteiger partial charge in [-0.2, -0.15) is 0 Å². The monoisotopic (exact) mass is 277 g/mol. The van der Waals surface area contributed by atoms with Crippen LogP contribution in [0.2, 0.25) is 0 Å². The van der Waals surface area contributed by atoms with Crippen LogP contribution in [0.3, 0.4) is 0 Å². The lowest BCUT2D eigenvalue weighted by atomic mass is 9.98. The van der Waals surface area contributed by atoms with Crippen molar-refractivity contribution in [3.05, 3.63) is 35.4 Å². The minimum absolute atomic E-state index is 0.212. The fourth-order valence-corrected chi connectivity index (χ4v) is 3.18. The molecule has 0 aromatic heterocycles. The number of fused-ring (bicyclic) bond motifs is 1. The standard InChI is InChI=1S/C17H27NO2/c1-3-18(12-13-20-4-2)16-11-7-9-14-8-5-6-10-15(14)17(16)19/h5-6,8,10,16-17,19H,3-4,7,9,11-13H2,1-2H3. The zero-order valence-electron chi connectivity index (χ0n) is 12.7. The second-order valence-electron chi connectivity index (χ2n) is 5.43. The predicted molar refractivity (Wildman–Crippen MR) is 81.9 cm³/mol. The maximum absolute atomic E-state index is 10.8. The zero-order chi connectivity index (χ0) is 14.4. The molecule has 2 atom stereocenters. The van der Waals surface area contributed by atoms with Gasteiger partial charge in [0.15, 0.2) is 0 Å². The maximum Gasteiger partial charge on any atom is 0.0947 e. The molecule has 0 saturated heterocycles. The van der Waals surface area contributed by atoms with Crippen LogP contribution in [0.25, 0.3) is 0 Å². The van der Waals surface area contributed by atoms with E-state index < -0.39 is 0 Å². The van der Waals surface area contributed by atoms with E-state index in [1.54, 1.807) is 0 Å². The van der Waals surface area contributed by atoms with Gasteiger partial charge in [-0.15, -0.1) is 0 Å². The highest BCUT2D eigenvalue weighted by atomic mass is 16.5. The average Bonchev–Trinajstić information content (AvgIpc) is 2.64. The summed E-state index contributed by atoms with van der Waals surface area (Å²) in [6.07, 6.45) is 2.89. The van der Waals surface area contributed by atoms with E-state index in [0.717, 1.165) is 51.1 Å². The number of hydrogen-bond acceptors (Lipinski definition) is 3. The summed E-state index contributed by atoms with van der Waals surface area (Å²) in [6, 6.07) is 8.54. The van der Waals surface area contributed by atoms with Crippen molar-refractivity contribution in [3.63, 3.8) is 0 Å². The quantitative estimate of drug-likeness (QED) is 0.641. The number of aliphatic hydroxyl groups is 1. The first-order chi connectivity index (χ1) is 9.77. The van der Waals surface area contributed by atoms with Crippen molar-refractivity contribution in [3.8, 4) is 0 Å². The van der Waals surface area contributed by atoms with Crippen LogP contribution in [0.5, 0.6) is 0 Å². The molecule has 0 heterocycles. The third-order valence-electron chi connectivity index (χ3n) is 4.29. The Kier molecular flexibility index (Phi) is 6.02. The first-order valence-electron chi connectivity index (χ1n) is 7.85. The lowest BCUT2D eigenvalue weighted by Crippen LogP contribution is -2.41. The van der Waals surface area contributed by atoms with Gasteiger partial charge >= 0.3 is 0 Å². The van der Waals surface area contributed by atoms with Crippen LogP contribution in [0, 0.1) is 0 Å². The van der Waals surface area contributed by atoms with Crippen molar-refractivity contribution in [2.24, 2.45) is 0 Å². The summed E-state index contributed by atoms with van der Waals surface area (Å²) in [5.41, 5.74) is 2.42. The van der Waals surface area contributed by atoms with Crippen molar-refractivity contribution < 1.29 is 9.84 Å². The van der Waals surface area contributed by atoms with Crippen LogP contribution < -0.4 is 0 Å². The normalized spacial score (nSPS) is 22.6. The topological polar surface area (TPSA) is 32.7 Å². The minimum atomic E-state index is -0.379. The van der Waals surface area contributed by atoms with Crippen molar-refractivity contribution in [2.75, 3.05) is 26.3 Å². The van der Waals surface area contributed by atoms with Crippen molar-refractivity contribution in [1.29, 1.82) is 0 Å². The number of aryl methyl sites for hydroxylation is 1. The molecule has 3 nitrogen and oxygen atoms in total. The Labute approximate surface area is 122 Å². The molecule has 1 aliphatic carbocycles. The van der Waals surface area contributed by atoms with Gasteiger partial charge in [-0.1, -0.05) is 31.2 Å². The van der Waals surface area contributed by atoms with Gasteiger partial charge in [0.2, 0.25) is 0 Å². The summed E-state index contributed by atoms with van der Waals surface area (Å²) in [5.74, 6) is 0. The number of hydrogen-bond donors (Lipinski definition) is 1. The van der Waals surface area contributed by atoms with Crippen LogP contribution >= 0.6 is 0 Å². The van der Waals surface area contributed by atoms with Gasteiger partial charge in [-0.05, 0) is 43.9 Å². The summed E-state index contributed by atoms with van der Waals surface area (Å²) < 4.78 is 5.47. The molecule has 0 radical (unpaired) electrons. The van der Waals surface area contributed by atoms with Crippen molar-refractivity contribution in [2.45, 2.75) is 45.3 Å². The first-order valence-corrected chi connectivity index (χ1v) is 7.85. The van der Waals surface area contributed by atoms with E-state index >= 15 is 0 Å². The van der Waals surface area contributed by atoms with Crippen molar-refractivity contribution >= 4 is 0 Å². The lowest BCUT2D eigenvalue weighted by molar-refractivity contribution is 0.0273. The molecule has 2 unspecified atom stereocenters. The van der Waals surface area contributed by atoms with E-state index in [1.165, 1.54) is 5.56 Å². The molecule has 1 aromatic rings. The van der Waals surface area contributed by atoms with E-state index in [4.69, 9.17) is 4.74 Å². The van der Waals surface area contributed by atoms with Crippen LogP contribution in [-0.2, 0) is 11.2 Å². The van der Waals surface area contributed by atoms with Crippen LogP contribution in [0.15, 0.2) is 24.3 Å². The first kappa shape index (κ1) is 15.5. The minimum Gasteiger partial charge on any atom is -0.387 e. The second kappa shape index (κ2) is 7.77. The maximum atomic E-state index is 10.8. The summed E-state index contributed by atoms with van der Waals surface area (Å²) in [5, 5.41) is 10.8. The van der Waals surface area contributed by atoms with Gasteiger partial charge in [0.1, 0.15) is 0 Å². The Morgan fingerprint density at radius 1 is 1.30 bits per heavy atom. The fraction of sp³-hybridized carbons (Fsp3) is 0.647. The number of nitrogens with zero attached hydrogens (tertiary/aromatic N) is 1. The molecule has 1 N–H and O–H groups in total. The van der Waals surface area contributed by atoms with Crippen LogP contribution in [0.1, 0.15) is 43.9 Å². The van der Waals surface area contributed by atoms with Gasteiger partial charge in [0.25, 0.3) is 0 Å². The third kappa shape index (κ3) is 3.60. The van der Waals surface area contributed by atoms with Crippen LogP contribution in [-0.4, -0.2) is 42.4 Å². The molecular formula is C17H27NO2. The molecule has 1 aliphatic rings. The molecule has 0 bridgehead atoms. The summed E-state index contributed by atoms with van der Waals surface area (Å²) in [7, 11) is 0. The molecule has 20 heavy (non-hydrogen) atoms. The highest BCUT2D eigenvalue weighted by molar-refractivity contribution is 5.31. The molecule has 1 aromatic carbocycles. The fourth-order valence-electron chi connectivity index (χ4n) is 3.18. The average molecular weight is 277 g/mol. The Balaban J connectivity index is 2.10. The van der Waals surface area contributed by atoms with E-state index in [-0.39, 0.29) is 12.1 Å². The summed E-state index contributed by atoms with van der Waals surface area (Å²) >= 11 is 0. The zero-order valence-corrected chi connectivity index (χ0v) is 12.7. The van der Waals surface area contributed by atoms with E-state index in [1.807, 2.05) is 13.0 Å². The van der Waals surface area contributed by atoms with Gasteiger partial charge < -0.3 is 9.84 Å². The van der Waals surface area contributed by atoms with Gasteiger partial charge in [-0.3, -0.25) is 4.90 Å². The van der Waals surface area contributed by atoms with Crippen LogP contribution in [0.4, 0.5) is 0 Å². The number of ether oxygens (including phenoxy) is 1. The third-order valence-corrected chi connectivity index (χ3v) is 4.29. The molecule has 0 aliphatic heterocycles. The van der Waals surface area contributed by atoms with E-state index in [0.29, 0.717) is 0 Å². The Bertz CT molecular complexity index is 408. The van der Waals surface area contributed by atoms with Crippen molar-refractivity contribution in [1.82, 2.24) is 4.90 Å². The molecule has 0 amide bonds. The van der Waals surface area contributed by atoms with Gasteiger partial charge in [-0.25, -0.2) is 0 Å². The smallest absolute Gasteiger partial charge is 0.0947 e. The Morgan fingerprint density at radius 2 is 2.10 bits per heavy atom. The summed E-state index contributed by atoms with van der Waals surface area (Å²) in [6.45, 7) is 7.54. The number of likely N-dealkylation sites (N-methyl/N-ethyl adjacent to an activating group) is 1. The molecule has 2 rings (SSSR count). The Morgan fingerprint density at radius 3 is 2.85 bits per heavy atom. The molecular weight excluding hydrogens is 250 g/mol. The molecule has 0 spiro atoms. The highest BCUT2D eigenvalue weighted by Gasteiger charge is 2.29. The summed E-state index contributed by atoms with van der Waals surface area (Å²) in [4.78, 5) is 2.36. The Hall–Kier alpha value is -0.900. The van der Waals surface area contributed by atoms with E-state index in [9.17, 15) is 5.11 Å². The number of benzene rings is 1.